The van der Waals surface area contributed by atoms with Crippen molar-refractivity contribution in [1.29, 1.82) is 0 Å². The molecule has 3 atom stereocenters. The molecule has 0 saturated carbocycles. The molecule has 4 rings (SSSR count). The number of nitrogens with zero attached hydrogens (tertiary/aromatic N) is 1. The van der Waals surface area contributed by atoms with Crippen LogP contribution in [-0.2, 0) is 25.6 Å². The minimum absolute atomic E-state index is 0.558. The van der Waals surface area contributed by atoms with Crippen LogP contribution in [0.2, 0.25) is 0 Å². The fraction of sp³-hybridized carbons (Fsp3) is 0.429. The molecule has 6 N–H and O–H groups in total. The lowest BCUT2D eigenvalue weighted by atomic mass is 9.72. The van der Waals surface area contributed by atoms with Crippen LogP contribution in [0.5, 0.6) is 0 Å². The van der Waals surface area contributed by atoms with E-state index in [0.717, 1.165) is 12.5 Å². The van der Waals surface area contributed by atoms with E-state index in [0.29, 0.717) is 42.3 Å². The summed E-state index contributed by atoms with van der Waals surface area (Å²) >= 11 is 0. The predicted molar refractivity (Wildman–Crippen MR) is 146 cm³/mol. The normalized spacial score (nSPS) is 20.2. The Labute approximate surface area is 226 Å². The quantitative estimate of drug-likeness (QED) is 0.271. The highest BCUT2D eigenvalue weighted by Gasteiger charge is 2.39. The number of benzene rings is 1. The van der Waals surface area contributed by atoms with Crippen molar-refractivity contribution in [3.05, 3.63) is 59.8 Å². The second-order valence-corrected chi connectivity index (χ2v) is 9.92. The lowest BCUT2D eigenvalue weighted by molar-refractivity contribution is -0.134. The summed E-state index contributed by atoms with van der Waals surface area (Å²) in [5.74, 6) is -3.52. The number of carboxylic acids is 4. The van der Waals surface area contributed by atoms with Crippen molar-refractivity contribution in [3.8, 4) is 0 Å². The third-order valence-corrected chi connectivity index (χ3v) is 6.65. The van der Waals surface area contributed by atoms with Crippen molar-refractivity contribution >= 4 is 34.8 Å². The van der Waals surface area contributed by atoms with Gasteiger partial charge in [0.25, 0.3) is 0 Å². The van der Waals surface area contributed by atoms with Crippen LogP contribution in [0.3, 0.4) is 0 Å². The number of carboxylic acid groups (broad SMARTS) is 4. The number of carbonyl (C=O) groups is 4. The van der Waals surface area contributed by atoms with Gasteiger partial charge in [0.2, 0.25) is 0 Å². The van der Waals surface area contributed by atoms with Crippen LogP contribution in [0.4, 0.5) is 0 Å². The van der Waals surface area contributed by atoms with Crippen molar-refractivity contribution in [2.45, 2.75) is 51.1 Å². The van der Waals surface area contributed by atoms with E-state index in [2.05, 4.69) is 60.5 Å². The van der Waals surface area contributed by atoms with Gasteiger partial charge < -0.3 is 35.6 Å². The minimum Gasteiger partial charge on any atom is -0.478 e. The number of nitrogens with one attached hydrogen (secondary N) is 2. The molecule has 0 amide bonds. The van der Waals surface area contributed by atoms with Gasteiger partial charge in [-0.25, -0.2) is 19.2 Å². The third kappa shape index (κ3) is 10.0. The summed E-state index contributed by atoms with van der Waals surface area (Å²) in [6.45, 7) is 6.86. The van der Waals surface area contributed by atoms with Gasteiger partial charge in [0.15, 0.2) is 0 Å². The van der Waals surface area contributed by atoms with Crippen LogP contribution >= 0.6 is 0 Å². The predicted octanol–water partition coefficient (Wildman–Crippen LogP) is 2.94. The van der Waals surface area contributed by atoms with Crippen molar-refractivity contribution in [1.82, 2.24) is 15.2 Å². The van der Waals surface area contributed by atoms with E-state index in [4.69, 9.17) is 20.4 Å². The SMILES string of the molecule is CC(C)NCCC1CC2c3cccc4[nH]cc(c34)CC2N(C)C1.O=C(O)/C=C/C(=O)O.O=C(O)/C=C/C(=O)O. The molecular weight excluding hydrogens is 506 g/mol. The Morgan fingerprint density at radius 3 is 2.08 bits per heavy atom. The molecule has 1 fully saturated rings. The van der Waals surface area contributed by atoms with E-state index in [1.54, 1.807) is 5.56 Å². The van der Waals surface area contributed by atoms with Gasteiger partial charge in [-0.05, 0) is 56.0 Å². The van der Waals surface area contributed by atoms with E-state index >= 15 is 0 Å². The molecule has 212 valence electrons. The van der Waals surface area contributed by atoms with E-state index in [9.17, 15) is 19.2 Å². The molecule has 1 aliphatic heterocycles. The van der Waals surface area contributed by atoms with Crippen LogP contribution < -0.4 is 5.32 Å². The van der Waals surface area contributed by atoms with Gasteiger partial charge in [0.1, 0.15) is 0 Å². The standard InChI is InChI=1S/C20H29N3.2C4H4O4/c1-13(2)21-8-7-14-9-17-16-5-4-6-18-20(16)15(11-22-18)10-19(17)23(3)12-14;2*5-3(6)1-2-4(7)8/h4-6,11,13-14,17,19,21-22H,7-10,12H2,1-3H3;2*1-2H,(H,5,6)(H,7,8)/b;2*2-1+. The first kappa shape index (κ1) is 31.3. The minimum atomic E-state index is -1.26. The number of hydrogen-bond acceptors (Lipinski definition) is 6. The van der Waals surface area contributed by atoms with Gasteiger partial charge >= 0.3 is 23.9 Å². The highest BCUT2D eigenvalue weighted by molar-refractivity contribution is 5.90. The third-order valence-electron chi connectivity index (χ3n) is 6.65. The topological polar surface area (TPSA) is 180 Å². The Hall–Kier alpha value is -3.96. The number of likely N-dealkylation sites (tertiary alicyclic amines) is 1. The highest BCUT2D eigenvalue weighted by Crippen LogP contribution is 2.44. The van der Waals surface area contributed by atoms with Crippen LogP contribution in [0, 0.1) is 5.92 Å². The van der Waals surface area contributed by atoms with Crippen LogP contribution in [0.15, 0.2) is 48.7 Å². The number of aromatic amines is 1. The maximum atomic E-state index is 9.55. The summed E-state index contributed by atoms with van der Waals surface area (Å²) in [7, 11) is 2.33. The Morgan fingerprint density at radius 1 is 1.00 bits per heavy atom. The second kappa shape index (κ2) is 14.8. The largest absolute Gasteiger partial charge is 0.478 e. The zero-order valence-electron chi connectivity index (χ0n) is 22.3. The molecule has 3 unspecified atom stereocenters. The fourth-order valence-electron chi connectivity index (χ4n) is 5.12. The number of fused-ring (bicyclic) bond motifs is 2. The molecule has 1 saturated heterocycles. The summed E-state index contributed by atoms with van der Waals surface area (Å²) < 4.78 is 0. The number of aliphatic carboxylic acids is 4. The summed E-state index contributed by atoms with van der Waals surface area (Å²) in [5, 5.41) is 36.4. The van der Waals surface area contributed by atoms with Gasteiger partial charge in [-0.15, -0.1) is 0 Å². The number of rotatable bonds is 8. The van der Waals surface area contributed by atoms with Gasteiger partial charge in [-0.1, -0.05) is 26.0 Å². The molecule has 1 aromatic carbocycles. The lowest BCUT2D eigenvalue weighted by Crippen LogP contribution is -2.48. The second-order valence-electron chi connectivity index (χ2n) is 9.92. The van der Waals surface area contributed by atoms with E-state index < -0.39 is 23.9 Å². The first-order valence-electron chi connectivity index (χ1n) is 12.7. The molecule has 0 spiro atoms. The first-order chi connectivity index (χ1) is 18.4. The summed E-state index contributed by atoms with van der Waals surface area (Å²) in [6.07, 6.45) is 8.31. The van der Waals surface area contributed by atoms with Crippen molar-refractivity contribution < 1.29 is 39.6 Å². The molecule has 2 aromatic rings. The molecule has 2 aliphatic rings. The summed E-state index contributed by atoms with van der Waals surface area (Å²) in [6, 6.07) is 8.09. The van der Waals surface area contributed by atoms with E-state index in [1.807, 2.05) is 0 Å². The zero-order chi connectivity index (χ0) is 29.1. The Balaban J connectivity index is 0.000000277. The maximum Gasteiger partial charge on any atom is 0.328 e. The summed E-state index contributed by atoms with van der Waals surface area (Å²) in [5.41, 5.74) is 4.43. The van der Waals surface area contributed by atoms with Crippen LogP contribution in [0.1, 0.15) is 43.7 Å². The smallest absolute Gasteiger partial charge is 0.328 e. The molecule has 0 bridgehead atoms. The van der Waals surface area contributed by atoms with E-state index in [-0.39, 0.29) is 0 Å². The van der Waals surface area contributed by atoms with Gasteiger partial charge in [-0.3, -0.25) is 0 Å². The molecule has 1 aliphatic carbocycles. The van der Waals surface area contributed by atoms with Crippen molar-refractivity contribution in [3.63, 3.8) is 0 Å². The molecule has 11 nitrogen and oxygen atoms in total. The number of H-pyrrole nitrogens is 1. The zero-order valence-corrected chi connectivity index (χ0v) is 22.3. The number of hydrogen-bond donors (Lipinski definition) is 6. The Bertz CT molecular complexity index is 1150. The molecule has 0 radical (unpaired) electrons. The van der Waals surface area contributed by atoms with Gasteiger partial charge in [-0.2, -0.15) is 0 Å². The monoisotopic (exact) mass is 543 g/mol. The molecule has 1 aromatic heterocycles. The van der Waals surface area contributed by atoms with Crippen molar-refractivity contribution in [2.75, 3.05) is 20.1 Å². The first-order valence-corrected chi connectivity index (χ1v) is 12.7. The van der Waals surface area contributed by atoms with Crippen LogP contribution in [0.25, 0.3) is 10.9 Å². The van der Waals surface area contributed by atoms with E-state index in [1.165, 1.54) is 42.3 Å². The molecule has 39 heavy (non-hydrogen) atoms. The van der Waals surface area contributed by atoms with Gasteiger partial charge in [0, 0.05) is 66.0 Å². The Morgan fingerprint density at radius 2 is 1.56 bits per heavy atom. The highest BCUT2D eigenvalue weighted by atomic mass is 16.4. The van der Waals surface area contributed by atoms with Gasteiger partial charge in [0.05, 0.1) is 0 Å². The molecular formula is C28H37N3O8. The number of aromatic nitrogens is 1. The van der Waals surface area contributed by atoms with Crippen molar-refractivity contribution in [2.24, 2.45) is 5.92 Å². The fourth-order valence-corrected chi connectivity index (χ4v) is 5.12. The van der Waals surface area contributed by atoms with Crippen LogP contribution in [-0.4, -0.2) is 86.4 Å². The maximum absolute atomic E-state index is 9.55. The summed E-state index contributed by atoms with van der Waals surface area (Å²) in [4.78, 5) is 44.3. The number of likely N-dealkylation sites (N-methyl/N-ethyl adjacent to an activating group) is 1. The Kier molecular flexibility index (Phi) is 11.9. The molecule has 2 heterocycles. The molecule has 11 heteroatoms. The average Bonchev–Trinajstić information content (AvgIpc) is 3.27. The lowest BCUT2D eigenvalue weighted by Gasteiger charge is -2.45. The number of piperidine rings is 1. The average molecular weight is 544 g/mol.